The SMILES string of the molecule is CC(NC(=O)c1ccccc1NC(=O)c1ccc([N+](=O)[O-])cc1)c1ccccc1. The molecule has 2 N–H and O–H groups in total. The molecule has 0 saturated carbocycles. The molecule has 29 heavy (non-hydrogen) atoms. The summed E-state index contributed by atoms with van der Waals surface area (Å²) in [6, 6.07) is 21.3. The van der Waals surface area contributed by atoms with Gasteiger partial charge in [-0.2, -0.15) is 0 Å². The number of non-ortho nitro benzene ring substituents is 1. The van der Waals surface area contributed by atoms with Crippen molar-refractivity contribution in [2.75, 3.05) is 5.32 Å². The number of anilines is 1. The fourth-order valence-corrected chi connectivity index (χ4v) is 2.82. The number of nitro benzene ring substituents is 1. The van der Waals surface area contributed by atoms with Crippen LogP contribution in [0.1, 0.15) is 39.2 Å². The summed E-state index contributed by atoms with van der Waals surface area (Å²) in [5, 5.41) is 16.4. The van der Waals surface area contributed by atoms with Gasteiger partial charge in [0.05, 0.1) is 22.2 Å². The van der Waals surface area contributed by atoms with E-state index >= 15 is 0 Å². The zero-order valence-electron chi connectivity index (χ0n) is 15.7. The molecule has 0 aliphatic heterocycles. The maximum absolute atomic E-state index is 12.7. The maximum Gasteiger partial charge on any atom is 0.269 e. The topological polar surface area (TPSA) is 101 Å². The van der Waals surface area contributed by atoms with Crippen LogP contribution in [0.5, 0.6) is 0 Å². The zero-order valence-corrected chi connectivity index (χ0v) is 15.7. The molecule has 2 amide bonds. The lowest BCUT2D eigenvalue weighted by Crippen LogP contribution is -2.28. The fraction of sp³-hybridized carbons (Fsp3) is 0.0909. The van der Waals surface area contributed by atoms with Gasteiger partial charge < -0.3 is 10.6 Å². The van der Waals surface area contributed by atoms with E-state index in [0.717, 1.165) is 5.56 Å². The van der Waals surface area contributed by atoms with Gasteiger partial charge in [0.1, 0.15) is 0 Å². The highest BCUT2D eigenvalue weighted by Crippen LogP contribution is 2.19. The first-order valence-corrected chi connectivity index (χ1v) is 8.96. The van der Waals surface area contributed by atoms with Gasteiger partial charge in [-0.1, -0.05) is 42.5 Å². The van der Waals surface area contributed by atoms with E-state index in [-0.39, 0.29) is 23.2 Å². The molecule has 0 aliphatic carbocycles. The van der Waals surface area contributed by atoms with Gasteiger partial charge in [-0.25, -0.2) is 0 Å². The van der Waals surface area contributed by atoms with Crippen LogP contribution in [-0.2, 0) is 0 Å². The van der Waals surface area contributed by atoms with Crippen LogP contribution in [0.2, 0.25) is 0 Å². The number of amides is 2. The Hall–Kier alpha value is -4.00. The van der Waals surface area contributed by atoms with E-state index in [4.69, 9.17) is 0 Å². The van der Waals surface area contributed by atoms with Gasteiger partial charge in [-0.15, -0.1) is 0 Å². The van der Waals surface area contributed by atoms with Crippen LogP contribution in [0.4, 0.5) is 11.4 Å². The average molecular weight is 389 g/mol. The number of rotatable bonds is 6. The minimum absolute atomic E-state index is 0.101. The van der Waals surface area contributed by atoms with Crippen molar-refractivity contribution in [3.63, 3.8) is 0 Å². The van der Waals surface area contributed by atoms with Crippen LogP contribution in [0.3, 0.4) is 0 Å². The van der Waals surface area contributed by atoms with Crippen molar-refractivity contribution in [2.24, 2.45) is 0 Å². The molecular weight excluding hydrogens is 370 g/mol. The third kappa shape index (κ3) is 4.84. The van der Waals surface area contributed by atoms with Crippen LogP contribution in [-0.4, -0.2) is 16.7 Å². The molecule has 1 atom stereocenters. The Morgan fingerprint density at radius 3 is 2.14 bits per heavy atom. The molecule has 0 heterocycles. The van der Waals surface area contributed by atoms with Crippen molar-refractivity contribution in [3.8, 4) is 0 Å². The highest BCUT2D eigenvalue weighted by atomic mass is 16.6. The Kier molecular flexibility index (Phi) is 5.99. The molecule has 7 heteroatoms. The van der Waals surface area contributed by atoms with Crippen molar-refractivity contribution in [1.82, 2.24) is 5.32 Å². The molecule has 0 saturated heterocycles. The number of nitrogens with one attached hydrogen (secondary N) is 2. The summed E-state index contributed by atoms with van der Waals surface area (Å²) >= 11 is 0. The smallest absolute Gasteiger partial charge is 0.269 e. The summed E-state index contributed by atoms with van der Waals surface area (Å²) < 4.78 is 0. The first-order valence-electron chi connectivity index (χ1n) is 8.96. The van der Waals surface area contributed by atoms with Gasteiger partial charge >= 0.3 is 0 Å². The molecule has 1 unspecified atom stereocenters. The van der Waals surface area contributed by atoms with Gasteiger partial charge in [0, 0.05) is 17.7 Å². The predicted molar refractivity (Wildman–Crippen MR) is 110 cm³/mol. The predicted octanol–water partition coefficient (Wildman–Crippen LogP) is 4.34. The Labute approximate surface area is 167 Å². The second-order valence-corrected chi connectivity index (χ2v) is 6.41. The summed E-state index contributed by atoms with van der Waals surface area (Å²) in [6.45, 7) is 1.88. The van der Waals surface area contributed by atoms with Crippen LogP contribution in [0.15, 0.2) is 78.9 Å². The van der Waals surface area contributed by atoms with Crippen LogP contribution in [0.25, 0.3) is 0 Å². The maximum atomic E-state index is 12.7. The van der Waals surface area contributed by atoms with Gasteiger partial charge in [-0.05, 0) is 36.8 Å². The summed E-state index contributed by atoms with van der Waals surface area (Å²) in [5.74, 6) is -0.780. The van der Waals surface area contributed by atoms with Crippen molar-refractivity contribution in [2.45, 2.75) is 13.0 Å². The summed E-state index contributed by atoms with van der Waals surface area (Å²) in [4.78, 5) is 35.5. The molecule has 0 radical (unpaired) electrons. The molecule has 3 rings (SSSR count). The number of hydrogen-bond acceptors (Lipinski definition) is 4. The first kappa shape index (κ1) is 19.8. The third-order valence-electron chi connectivity index (χ3n) is 4.41. The van der Waals surface area contributed by atoms with E-state index < -0.39 is 10.8 Å². The standard InChI is InChI=1S/C22H19N3O4/c1-15(16-7-3-2-4-8-16)23-22(27)19-9-5-6-10-20(19)24-21(26)17-11-13-18(14-12-17)25(28)29/h2-15H,1H3,(H,23,27)(H,24,26). The van der Waals surface area contributed by atoms with E-state index in [1.165, 1.54) is 24.3 Å². The Balaban J connectivity index is 1.75. The molecule has 146 valence electrons. The molecule has 7 nitrogen and oxygen atoms in total. The minimum Gasteiger partial charge on any atom is -0.345 e. The number of benzene rings is 3. The van der Waals surface area contributed by atoms with E-state index in [1.807, 2.05) is 37.3 Å². The summed E-state index contributed by atoms with van der Waals surface area (Å²) in [6.07, 6.45) is 0. The quantitative estimate of drug-likeness (QED) is 0.484. The third-order valence-corrected chi connectivity index (χ3v) is 4.41. The molecule has 3 aromatic rings. The Morgan fingerprint density at radius 1 is 0.862 bits per heavy atom. The highest BCUT2D eigenvalue weighted by Gasteiger charge is 2.17. The molecule has 0 fully saturated rings. The molecular formula is C22H19N3O4. The number of carbonyl (C=O) groups is 2. The van der Waals surface area contributed by atoms with Crippen molar-refractivity contribution < 1.29 is 14.5 Å². The molecule has 0 bridgehead atoms. The zero-order chi connectivity index (χ0) is 20.8. The Morgan fingerprint density at radius 2 is 1.48 bits per heavy atom. The van der Waals surface area contributed by atoms with Crippen LogP contribution in [0, 0.1) is 10.1 Å². The highest BCUT2D eigenvalue weighted by molar-refractivity contribution is 6.09. The number of para-hydroxylation sites is 1. The molecule has 0 aromatic heterocycles. The first-order chi connectivity index (χ1) is 14.0. The van der Waals surface area contributed by atoms with Crippen LogP contribution >= 0.6 is 0 Å². The monoisotopic (exact) mass is 389 g/mol. The average Bonchev–Trinajstić information content (AvgIpc) is 2.74. The lowest BCUT2D eigenvalue weighted by Gasteiger charge is -2.16. The van der Waals surface area contributed by atoms with Gasteiger partial charge in [-0.3, -0.25) is 19.7 Å². The van der Waals surface area contributed by atoms with E-state index in [9.17, 15) is 19.7 Å². The van der Waals surface area contributed by atoms with E-state index in [2.05, 4.69) is 10.6 Å². The molecule has 0 spiro atoms. The van der Waals surface area contributed by atoms with Crippen molar-refractivity contribution in [1.29, 1.82) is 0 Å². The lowest BCUT2D eigenvalue weighted by atomic mass is 10.1. The minimum atomic E-state index is -0.533. The second-order valence-electron chi connectivity index (χ2n) is 6.41. The van der Waals surface area contributed by atoms with E-state index in [1.54, 1.807) is 24.3 Å². The lowest BCUT2D eigenvalue weighted by molar-refractivity contribution is -0.384. The van der Waals surface area contributed by atoms with Crippen molar-refractivity contribution in [3.05, 3.63) is 106 Å². The molecule has 3 aromatic carbocycles. The summed E-state index contributed by atoms with van der Waals surface area (Å²) in [7, 11) is 0. The van der Waals surface area contributed by atoms with Gasteiger partial charge in [0.15, 0.2) is 0 Å². The number of carbonyl (C=O) groups excluding carboxylic acids is 2. The van der Waals surface area contributed by atoms with Crippen LogP contribution < -0.4 is 10.6 Å². The normalized spacial score (nSPS) is 11.3. The van der Waals surface area contributed by atoms with Gasteiger partial charge in [0.2, 0.25) is 0 Å². The molecule has 0 aliphatic rings. The van der Waals surface area contributed by atoms with Crippen molar-refractivity contribution >= 4 is 23.2 Å². The Bertz CT molecular complexity index is 1030. The van der Waals surface area contributed by atoms with E-state index in [0.29, 0.717) is 11.3 Å². The summed E-state index contributed by atoms with van der Waals surface area (Å²) in [5.41, 5.74) is 1.80. The number of hydrogen-bond donors (Lipinski definition) is 2. The number of nitro groups is 1. The van der Waals surface area contributed by atoms with Gasteiger partial charge in [0.25, 0.3) is 17.5 Å². The number of nitrogens with zero attached hydrogens (tertiary/aromatic N) is 1. The largest absolute Gasteiger partial charge is 0.345 e. The fourth-order valence-electron chi connectivity index (χ4n) is 2.82. The second kappa shape index (κ2) is 8.79.